The van der Waals surface area contributed by atoms with Gasteiger partial charge in [-0.25, -0.2) is 9.97 Å². The van der Waals surface area contributed by atoms with E-state index in [-0.39, 0.29) is 23.8 Å². The normalized spacial score (nSPS) is 11.5. The first-order chi connectivity index (χ1) is 13.6. The van der Waals surface area contributed by atoms with Crippen molar-refractivity contribution in [3.8, 4) is 17.0 Å². The molecule has 0 N–H and O–H groups in total. The van der Waals surface area contributed by atoms with Crippen molar-refractivity contribution in [2.75, 3.05) is 6.61 Å². The summed E-state index contributed by atoms with van der Waals surface area (Å²) in [6.07, 6.45) is -3.25. The zero-order valence-electron chi connectivity index (χ0n) is 15.5. The van der Waals surface area contributed by atoms with E-state index in [1.807, 2.05) is 0 Å². The molecule has 9 heteroatoms. The quantitative estimate of drug-likeness (QED) is 0.497. The lowest BCUT2D eigenvalue weighted by molar-refractivity contribution is -0.154. The summed E-state index contributed by atoms with van der Waals surface area (Å²) >= 11 is 5.89. The molecule has 29 heavy (non-hydrogen) atoms. The largest absolute Gasteiger partial charge is 0.468 e. The van der Waals surface area contributed by atoms with Crippen LogP contribution in [0.5, 0.6) is 5.88 Å². The van der Waals surface area contributed by atoms with E-state index < -0.39 is 12.8 Å². The van der Waals surface area contributed by atoms with E-state index in [4.69, 9.17) is 20.8 Å². The fourth-order valence-electron chi connectivity index (χ4n) is 2.75. The van der Waals surface area contributed by atoms with Crippen LogP contribution in [0.4, 0.5) is 13.2 Å². The summed E-state index contributed by atoms with van der Waals surface area (Å²) in [6.45, 7) is 1.82. The lowest BCUT2D eigenvalue weighted by atomic mass is 10.0. The molecule has 0 spiro atoms. The lowest BCUT2D eigenvalue weighted by Crippen LogP contribution is -2.20. The number of benzene rings is 1. The van der Waals surface area contributed by atoms with Crippen molar-refractivity contribution in [3.05, 3.63) is 64.5 Å². The van der Waals surface area contributed by atoms with Crippen LogP contribution in [0, 0.1) is 13.8 Å². The second kappa shape index (κ2) is 8.24. The third-order valence-corrected chi connectivity index (χ3v) is 4.21. The lowest BCUT2D eigenvalue weighted by Gasteiger charge is -2.13. The summed E-state index contributed by atoms with van der Waals surface area (Å²) in [6, 6.07) is 8.04. The highest BCUT2D eigenvalue weighted by Gasteiger charge is 2.29. The number of ketones is 1. The molecule has 0 aliphatic carbocycles. The van der Waals surface area contributed by atoms with Crippen LogP contribution in [0.2, 0.25) is 5.02 Å². The van der Waals surface area contributed by atoms with Crippen molar-refractivity contribution in [1.29, 1.82) is 0 Å². The number of rotatable bonds is 6. The van der Waals surface area contributed by atoms with E-state index >= 15 is 0 Å². The zero-order valence-corrected chi connectivity index (χ0v) is 16.3. The number of halogens is 4. The maximum Gasteiger partial charge on any atom is 0.422 e. The monoisotopic (exact) mass is 424 g/mol. The molecule has 0 fully saturated rings. The summed E-state index contributed by atoms with van der Waals surface area (Å²) in [5, 5.41) is 0.474. The fraction of sp³-hybridized carbons (Fsp3) is 0.250. The van der Waals surface area contributed by atoms with Gasteiger partial charge in [-0.1, -0.05) is 23.7 Å². The number of nitrogens with zero attached hydrogens (tertiary/aromatic N) is 2. The number of oxazole rings is 1. The summed E-state index contributed by atoms with van der Waals surface area (Å²) < 4.78 is 47.9. The molecule has 5 nitrogen and oxygen atoms in total. The Morgan fingerprint density at radius 3 is 2.48 bits per heavy atom. The first kappa shape index (κ1) is 20.9. The van der Waals surface area contributed by atoms with E-state index in [2.05, 4.69) is 9.97 Å². The van der Waals surface area contributed by atoms with Crippen LogP contribution in [0.3, 0.4) is 0 Å². The number of carbonyl (C=O) groups is 1. The van der Waals surface area contributed by atoms with Crippen LogP contribution in [0.25, 0.3) is 11.1 Å². The molecule has 0 saturated carbocycles. The first-order valence-electron chi connectivity index (χ1n) is 8.54. The third-order valence-electron chi connectivity index (χ3n) is 3.96. The Kier molecular flexibility index (Phi) is 5.93. The van der Waals surface area contributed by atoms with E-state index in [0.717, 1.165) is 0 Å². The van der Waals surface area contributed by atoms with Gasteiger partial charge in [0.1, 0.15) is 0 Å². The molecular weight excluding hydrogens is 409 g/mol. The van der Waals surface area contributed by atoms with Gasteiger partial charge in [0, 0.05) is 30.1 Å². The summed E-state index contributed by atoms with van der Waals surface area (Å²) in [5.41, 5.74) is 1.85. The number of carbonyl (C=O) groups excluding carboxylic acids is 1. The molecule has 2 aromatic heterocycles. The average molecular weight is 425 g/mol. The smallest absolute Gasteiger partial charge is 0.422 e. The number of hydrogen-bond acceptors (Lipinski definition) is 5. The molecular formula is C20H16ClF3N2O3. The van der Waals surface area contributed by atoms with Gasteiger partial charge in [-0.2, -0.15) is 13.2 Å². The van der Waals surface area contributed by atoms with Crippen molar-refractivity contribution in [2.45, 2.75) is 26.4 Å². The van der Waals surface area contributed by atoms with Gasteiger partial charge >= 0.3 is 6.18 Å². The number of alkyl halides is 3. The number of aryl methyl sites for hydroxylation is 2. The van der Waals surface area contributed by atoms with E-state index in [0.29, 0.717) is 33.3 Å². The first-order valence-corrected chi connectivity index (χ1v) is 8.92. The van der Waals surface area contributed by atoms with E-state index in [1.54, 1.807) is 44.2 Å². The predicted molar refractivity (Wildman–Crippen MR) is 100 cm³/mol. The van der Waals surface area contributed by atoms with E-state index in [9.17, 15) is 18.0 Å². The van der Waals surface area contributed by atoms with Crippen LogP contribution < -0.4 is 4.74 Å². The summed E-state index contributed by atoms with van der Waals surface area (Å²) in [5.74, 6) is 0.0260. The standard InChI is InChI=1S/C20H16ClF3N2O3/c1-11-18(29-12(2)26-11)17(27)8-13-7-16(14-3-5-15(21)6-4-14)19(25-9-13)28-10-20(22,23)24/h3-7,9H,8,10H2,1-2H3. The number of aromatic nitrogens is 2. The van der Waals surface area contributed by atoms with Gasteiger partial charge < -0.3 is 9.15 Å². The van der Waals surface area contributed by atoms with Crippen molar-refractivity contribution in [3.63, 3.8) is 0 Å². The van der Waals surface area contributed by atoms with Gasteiger partial charge in [0.25, 0.3) is 0 Å². The molecule has 0 amide bonds. The van der Waals surface area contributed by atoms with Crippen LogP contribution in [0.1, 0.15) is 27.7 Å². The summed E-state index contributed by atoms with van der Waals surface area (Å²) in [7, 11) is 0. The Morgan fingerprint density at radius 1 is 1.21 bits per heavy atom. The van der Waals surface area contributed by atoms with Gasteiger partial charge in [-0.05, 0) is 36.2 Å². The molecule has 0 aliphatic rings. The van der Waals surface area contributed by atoms with E-state index in [1.165, 1.54) is 6.20 Å². The van der Waals surface area contributed by atoms with Gasteiger partial charge in [0.05, 0.1) is 5.69 Å². The van der Waals surface area contributed by atoms with Gasteiger partial charge in [-0.3, -0.25) is 4.79 Å². The highest BCUT2D eigenvalue weighted by atomic mass is 35.5. The fourth-order valence-corrected chi connectivity index (χ4v) is 2.88. The Hall–Kier alpha value is -2.87. The third kappa shape index (κ3) is 5.35. The van der Waals surface area contributed by atoms with Gasteiger partial charge in [0.15, 0.2) is 18.3 Å². The highest BCUT2D eigenvalue weighted by Crippen LogP contribution is 2.31. The highest BCUT2D eigenvalue weighted by molar-refractivity contribution is 6.30. The topological polar surface area (TPSA) is 65.2 Å². The van der Waals surface area contributed by atoms with Crippen molar-refractivity contribution in [2.24, 2.45) is 0 Å². The minimum Gasteiger partial charge on any atom is -0.468 e. The van der Waals surface area contributed by atoms with Crippen molar-refractivity contribution >= 4 is 17.4 Å². The molecule has 0 bridgehead atoms. The Morgan fingerprint density at radius 2 is 1.90 bits per heavy atom. The molecule has 1 aromatic carbocycles. The average Bonchev–Trinajstić information content (AvgIpc) is 2.99. The second-order valence-corrected chi connectivity index (χ2v) is 6.79. The van der Waals surface area contributed by atoms with Crippen LogP contribution in [0.15, 0.2) is 40.9 Å². The maximum atomic E-state index is 12.6. The molecule has 3 aromatic rings. The van der Waals surface area contributed by atoms with Crippen LogP contribution in [-0.2, 0) is 6.42 Å². The molecule has 2 heterocycles. The minimum absolute atomic E-state index is 0.0530. The number of pyridine rings is 1. The van der Waals surface area contributed by atoms with Crippen LogP contribution in [-0.4, -0.2) is 28.5 Å². The minimum atomic E-state index is -4.50. The molecule has 0 atom stereocenters. The van der Waals surface area contributed by atoms with Crippen LogP contribution >= 0.6 is 11.6 Å². The van der Waals surface area contributed by atoms with Crippen molar-refractivity contribution in [1.82, 2.24) is 9.97 Å². The zero-order chi connectivity index (χ0) is 21.2. The maximum absolute atomic E-state index is 12.6. The molecule has 0 radical (unpaired) electrons. The molecule has 0 aliphatic heterocycles. The second-order valence-electron chi connectivity index (χ2n) is 6.35. The SMILES string of the molecule is Cc1nc(C)c(C(=O)Cc2cnc(OCC(F)(F)F)c(-c3ccc(Cl)cc3)c2)o1. The molecule has 152 valence electrons. The van der Waals surface area contributed by atoms with Gasteiger partial charge in [-0.15, -0.1) is 0 Å². The van der Waals surface area contributed by atoms with Crippen molar-refractivity contribution < 1.29 is 27.1 Å². The molecule has 3 rings (SSSR count). The molecule has 0 unspecified atom stereocenters. The number of ether oxygens (including phenoxy) is 1. The number of hydrogen-bond donors (Lipinski definition) is 0. The summed E-state index contributed by atoms with van der Waals surface area (Å²) in [4.78, 5) is 20.6. The Labute approximate surface area is 169 Å². The number of Topliss-reactive ketones (excluding diaryl/α,β-unsaturated/α-hetero) is 1. The Balaban J connectivity index is 1.93. The Bertz CT molecular complexity index is 1030. The van der Waals surface area contributed by atoms with Gasteiger partial charge in [0.2, 0.25) is 11.7 Å². The predicted octanol–water partition coefficient (Wildman–Crippen LogP) is 5.37. The molecule has 0 saturated heterocycles.